The summed E-state index contributed by atoms with van der Waals surface area (Å²) in [5, 5.41) is 3.96. The lowest BCUT2D eigenvalue weighted by Gasteiger charge is -2.30. The van der Waals surface area contributed by atoms with Crippen molar-refractivity contribution in [1.29, 1.82) is 0 Å². The van der Waals surface area contributed by atoms with E-state index >= 15 is 0 Å². The number of carbonyl (C=O) groups excluding carboxylic acids is 1. The molecule has 1 aliphatic rings. The maximum absolute atomic E-state index is 13.1. The molecule has 7 nitrogen and oxygen atoms in total. The molecule has 1 amide bonds. The number of aromatic nitrogens is 1. The summed E-state index contributed by atoms with van der Waals surface area (Å²) in [5.41, 5.74) is 8.68. The average Bonchev–Trinajstić information content (AvgIpc) is 3.23. The topological polar surface area (TPSA) is 94.7 Å². The highest BCUT2D eigenvalue weighted by molar-refractivity contribution is 6.09. The molecule has 0 radical (unpaired) electrons. The van der Waals surface area contributed by atoms with Gasteiger partial charge in [0.05, 0.1) is 24.2 Å². The summed E-state index contributed by atoms with van der Waals surface area (Å²) in [4.78, 5) is 14.7. The highest BCUT2D eigenvalue weighted by atomic mass is 16.5. The maximum Gasteiger partial charge on any atom is 0.294 e. The standard InChI is InChI=1S/C19H17N3O4/c1-11-15(12(2)26-21-11)10-22-16-6-5-13(20)8-17(16)25-18(19(22)23)9-14-4-3-7-24-14/h3-9H,10,20H2,1-2H3/b18-9+. The number of nitrogens with two attached hydrogens (primary N) is 1. The van der Waals surface area contributed by atoms with E-state index in [1.54, 1.807) is 41.3 Å². The van der Waals surface area contributed by atoms with Gasteiger partial charge < -0.3 is 19.4 Å². The SMILES string of the molecule is Cc1noc(C)c1CN1C(=O)/C(=C\c2ccco2)Oc2cc(N)ccc21. The molecular formula is C19H17N3O4. The second-order valence-electron chi connectivity index (χ2n) is 6.05. The average molecular weight is 351 g/mol. The molecule has 26 heavy (non-hydrogen) atoms. The molecule has 0 fully saturated rings. The van der Waals surface area contributed by atoms with Crippen molar-refractivity contribution in [2.45, 2.75) is 20.4 Å². The van der Waals surface area contributed by atoms with Crippen LogP contribution in [0.2, 0.25) is 0 Å². The molecule has 3 heterocycles. The van der Waals surface area contributed by atoms with Gasteiger partial charge in [0.15, 0.2) is 11.5 Å². The molecule has 2 N–H and O–H groups in total. The van der Waals surface area contributed by atoms with Crippen molar-refractivity contribution in [2.75, 3.05) is 10.6 Å². The number of amides is 1. The Morgan fingerprint density at radius 3 is 2.81 bits per heavy atom. The van der Waals surface area contributed by atoms with E-state index in [1.165, 1.54) is 6.26 Å². The molecule has 0 aliphatic carbocycles. The van der Waals surface area contributed by atoms with Crippen molar-refractivity contribution in [3.8, 4) is 5.75 Å². The lowest BCUT2D eigenvalue weighted by Crippen LogP contribution is -2.37. The molecule has 1 aliphatic heterocycles. The van der Waals surface area contributed by atoms with Gasteiger partial charge in [-0.25, -0.2) is 0 Å². The van der Waals surface area contributed by atoms with Gasteiger partial charge in [-0.15, -0.1) is 0 Å². The van der Waals surface area contributed by atoms with E-state index in [4.69, 9.17) is 19.4 Å². The minimum atomic E-state index is -0.279. The molecule has 3 aromatic rings. The van der Waals surface area contributed by atoms with Crippen molar-refractivity contribution in [1.82, 2.24) is 5.16 Å². The molecule has 0 unspecified atom stereocenters. The summed E-state index contributed by atoms with van der Waals surface area (Å²) in [6.07, 6.45) is 3.10. The Kier molecular flexibility index (Phi) is 3.76. The fraction of sp³-hybridized carbons (Fsp3) is 0.158. The van der Waals surface area contributed by atoms with Gasteiger partial charge in [0.25, 0.3) is 5.91 Å². The van der Waals surface area contributed by atoms with Gasteiger partial charge in [0.2, 0.25) is 0 Å². The van der Waals surface area contributed by atoms with Crippen LogP contribution in [-0.2, 0) is 11.3 Å². The fourth-order valence-electron chi connectivity index (χ4n) is 2.88. The fourth-order valence-corrected chi connectivity index (χ4v) is 2.88. The number of fused-ring (bicyclic) bond motifs is 1. The predicted octanol–water partition coefficient (Wildman–Crippen LogP) is 3.43. The number of nitrogen functional groups attached to an aromatic ring is 1. The summed E-state index contributed by atoms with van der Waals surface area (Å²) in [6.45, 7) is 3.99. The van der Waals surface area contributed by atoms with Gasteiger partial charge >= 0.3 is 0 Å². The minimum Gasteiger partial charge on any atom is -0.465 e. The molecule has 0 bridgehead atoms. The Balaban J connectivity index is 1.79. The highest BCUT2D eigenvalue weighted by Crippen LogP contribution is 2.38. The van der Waals surface area contributed by atoms with Gasteiger partial charge in [-0.1, -0.05) is 5.16 Å². The first-order chi connectivity index (χ1) is 12.5. The van der Waals surface area contributed by atoms with Crippen LogP contribution < -0.4 is 15.4 Å². The van der Waals surface area contributed by atoms with Crippen molar-refractivity contribution in [2.24, 2.45) is 0 Å². The summed E-state index contributed by atoms with van der Waals surface area (Å²) < 4.78 is 16.3. The van der Waals surface area contributed by atoms with Crippen LogP contribution in [0.25, 0.3) is 6.08 Å². The molecule has 7 heteroatoms. The molecule has 0 saturated carbocycles. The van der Waals surface area contributed by atoms with E-state index in [9.17, 15) is 4.79 Å². The van der Waals surface area contributed by atoms with E-state index in [0.717, 1.165) is 11.3 Å². The molecule has 0 atom stereocenters. The maximum atomic E-state index is 13.1. The lowest BCUT2D eigenvalue weighted by molar-refractivity contribution is -0.117. The number of rotatable bonds is 3. The number of nitrogens with zero attached hydrogens (tertiary/aromatic N) is 2. The smallest absolute Gasteiger partial charge is 0.294 e. The normalized spacial score (nSPS) is 15.2. The van der Waals surface area contributed by atoms with Crippen molar-refractivity contribution < 1.29 is 18.5 Å². The number of aryl methyl sites for hydroxylation is 2. The van der Waals surface area contributed by atoms with Gasteiger partial charge in [0.1, 0.15) is 11.5 Å². The zero-order valence-corrected chi connectivity index (χ0v) is 14.4. The highest BCUT2D eigenvalue weighted by Gasteiger charge is 2.32. The van der Waals surface area contributed by atoms with Gasteiger partial charge in [0, 0.05) is 23.4 Å². The van der Waals surface area contributed by atoms with Gasteiger partial charge in [-0.3, -0.25) is 9.69 Å². The van der Waals surface area contributed by atoms with Crippen LogP contribution in [0, 0.1) is 13.8 Å². The van der Waals surface area contributed by atoms with Crippen LogP contribution in [-0.4, -0.2) is 11.1 Å². The number of furan rings is 1. The predicted molar refractivity (Wildman–Crippen MR) is 95.3 cm³/mol. The first-order valence-corrected chi connectivity index (χ1v) is 8.09. The Labute approximate surface area is 149 Å². The summed E-state index contributed by atoms with van der Waals surface area (Å²) >= 11 is 0. The third-order valence-electron chi connectivity index (χ3n) is 4.26. The first kappa shape index (κ1) is 16.0. The Hall–Kier alpha value is -3.48. The number of benzene rings is 1. The number of ether oxygens (including phenoxy) is 1. The van der Waals surface area contributed by atoms with E-state index in [2.05, 4.69) is 5.16 Å². The van der Waals surface area contributed by atoms with Crippen LogP contribution in [0.4, 0.5) is 11.4 Å². The number of hydrogen-bond donors (Lipinski definition) is 1. The van der Waals surface area contributed by atoms with Gasteiger partial charge in [-0.2, -0.15) is 0 Å². The molecule has 132 valence electrons. The third-order valence-corrected chi connectivity index (χ3v) is 4.26. The monoisotopic (exact) mass is 351 g/mol. The number of carbonyl (C=O) groups is 1. The molecule has 4 rings (SSSR count). The Morgan fingerprint density at radius 2 is 2.12 bits per heavy atom. The lowest BCUT2D eigenvalue weighted by atomic mass is 10.1. The number of hydrogen-bond acceptors (Lipinski definition) is 6. The van der Waals surface area contributed by atoms with Crippen molar-refractivity contribution >= 4 is 23.4 Å². The van der Waals surface area contributed by atoms with E-state index in [-0.39, 0.29) is 11.7 Å². The van der Waals surface area contributed by atoms with E-state index in [1.807, 2.05) is 13.8 Å². The first-order valence-electron chi connectivity index (χ1n) is 8.09. The number of anilines is 2. The minimum absolute atomic E-state index is 0.157. The zero-order chi connectivity index (χ0) is 18.3. The zero-order valence-electron chi connectivity index (χ0n) is 14.4. The summed E-state index contributed by atoms with van der Waals surface area (Å²) in [6, 6.07) is 8.68. The van der Waals surface area contributed by atoms with Crippen LogP contribution in [0.1, 0.15) is 22.8 Å². The Bertz CT molecular complexity index is 982. The van der Waals surface area contributed by atoms with Crippen LogP contribution in [0.5, 0.6) is 5.75 Å². The molecular weight excluding hydrogens is 334 g/mol. The van der Waals surface area contributed by atoms with E-state index in [0.29, 0.717) is 35.2 Å². The quantitative estimate of drug-likeness (QED) is 0.574. The van der Waals surface area contributed by atoms with Crippen LogP contribution >= 0.6 is 0 Å². The molecule has 0 spiro atoms. The molecule has 1 aromatic carbocycles. The molecule has 0 saturated heterocycles. The largest absolute Gasteiger partial charge is 0.465 e. The third kappa shape index (κ3) is 2.73. The Morgan fingerprint density at radius 1 is 1.27 bits per heavy atom. The second-order valence-corrected chi connectivity index (χ2v) is 6.05. The summed E-state index contributed by atoms with van der Waals surface area (Å²) in [5.74, 6) is 1.59. The summed E-state index contributed by atoms with van der Waals surface area (Å²) in [7, 11) is 0. The van der Waals surface area contributed by atoms with Gasteiger partial charge in [-0.05, 0) is 38.1 Å². The van der Waals surface area contributed by atoms with Crippen LogP contribution in [0.15, 0.2) is 51.3 Å². The van der Waals surface area contributed by atoms with Crippen molar-refractivity contribution in [3.05, 3.63) is 65.1 Å². The van der Waals surface area contributed by atoms with E-state index < -0.39 is 0 Å². The van der Waals surface area contributed by atoms with Crippen LogP contribution in [0.3, 0.4) is 0 Å². The van der Waals surface area contributed by atoms with Crippen molar-refractivity contribution in [3.63, 3.8) is 0 Å². The molecule has 2 aromatic heterocycles. The second kappa shape index (κ2) is 6.11.